The van der Waals surface area contributed by atoms with Crippen molar-refractivity contribution in [2.24, 2.45) is 4.99 Å². The summed E-state index contributed by atoms with van der Waals surface area (Å²) in [6.07, 6.45) is 1.60. The minimum absolute atomic E-state index is 0.0344. The molecular weight excluding hydrogens is 445 g/mol. The molecule has 1 aromatic heterocycles. The Kier molecular flexibility index (Phi) is 4.82. The van der Waals surface area contributed by atoms with Crippen LogP contribution in [-0.4, -0.2) is 43.7 Å². The Hall–Kier alpha value is -4.90. The number of nitrogens with zero attached hydrogens (tertiary/aromatic N) is 5. The van der Waals surface area contributed by atoms with Crippen LogP contribution >= 0.6 is 0 Å². The molecule has 0 saturated carbocycles. The summed E-state index contributed by atoms with van der Waals surface area (Å²) in [6, 6.07) is 18.7. The van der Waals surface area contributed by atoms with Crippen molar-refractivity contribution in [1.29, 1.82) is 0 Å². The van der Waals surface area contributed by atoms with Gasteiger partial charge in [-0.3, -0.25) is 24.0 Å². The van der Waals surface area contributed by atoms with Crippen LogP contribution in [0, 0.1) is 17.7 Å². The van der Waals surface area contributed by atoms with Gasteiger partial charge in [-0.1, -0.05) is 36.1 Å². The fraction of sp³-hybridized carbons (Fsp3) is 0.0741. The third kappa shape index (κ3) is 3.42. The molecule has 2 amide bonds. The van der Waals surface area contributed by atoms with E-state index in [0.29, 0.717) is 39.4 Å². The van der Waals surface area contributed by atoms with Crippen LogP contribution in [-0.2, 0) is 6.54 Å². The highest BCUT2D eigenvalue weighted by atomic mass is 19.1. The molecule has 35 heavy (non-hydrogen) atoms. The van der Waals surface area contributed by atoms with Crippen molar-refractivity contribution in [2.45, 2.75) is 6.54 Å². The summed E-state index contributed by atoms with van der Waals surface area (Å²) >= 11 is 0. The van der Waals surface area contributed by atoms with E-state index in [1.54, 1.807) is 48.8 Å². The largest absolute Gasteiger partial charge is 0.283 e. The van der Waals surface area contributed by atoms with Crippen LogP contribution < -0.4 is 0 Å². The smallest absolute Gasteiger partial charge is 0.262 e. The van der Waals surface area contributed by atoms with Crippen LogP contribution in [0.5, 0.6) is 0 Å². The number of aliphatic imine (C=N–C) groups is 1. The van der Waals surface area contributed by atoms with Crippen molar-refractivity contribution in [1.82, 2.24) is 19.7 Å². The number of hydrogen-bond donors (Lipinski definition) is 0. The zero-order valence-corrected chi connectivity index (χ0v) is 18.3. The molecule has 3 heterocycles. The van der Waals surface area contributed by atoms with E-state index in [1.807, 2.05) is 22.8 Å². The van der Waals surface area contributed by atoms with Crippen LogP contribution in [0.3, 0.4) is 0 Å². The standard InChI is InChI=1S/C27H16FN5O2/c28-22-10-4-3-9-20(22)25-21-14-17(11-12-23(21)33-16-30-31-24(33)15-29-25)6-5-13-32-26(34)18-7-1-2-8-19(18)27(32)35/h1-4,7-12,14,16H,13,15H2. The highest BCUT2D eigenvalue weighted by Gasteiger charge is 2.34. The number of hydrogen-bond acceptors (Lipinski definition) is 5. The summed E-state index contributed by atoms with van der Waals surface area (Å²) in [5.74, 6) is 5.52. The lowest BCUT2D eigenvalue weighted by atomic mass is 9.98. The van der Waals surface area contributed by atoms with Gasteiger partial charge in [-0.05, 0) is 42.5 Å². The van der Waals surface area contributed by atoms with Crippen LogP contribution in [0.2, 0.25) is 0 Å². The maximum absolute atomic E-state index is 14.7. The average molecular weight is 461 g/mol. The molecule has 4 aromatic rings. The van der Waals surface area contributed by atoms with Gasteiger partial charge in [-0.25, -0.2) is 4.39 Å². The molecule has 2 aliphatic heterocycles. The lowest BCUT2D eigenvalue weighted by Crippen LogP contribution is -2.29. The molecule has 0 bridgehead atoms. The van der Waals surface area contributed by atoms with Crippen molar-refractivity contribution < 1.29 is 14.0 Å². The van der Waals surface area contributed by atoms with E-state index >= 15 is 0 Å². The number of aromatic nitrogens is 3. The molecule has 7 nitrogen and oxygen atoms in total. The van der Waals surface area contributed by atoms with E-state index < -0.39 is 0 Å². The molecule has 0 fully saturated rings. The summed E-state index contributed by atoms with van der Waals surface area (Å²) in [6.45, 7) is 0.215. The van der Waals surface area contributed by atoms with E-state index in [2.05, 4.69) is 27.0 Å². The van der Waals surface area contributed by atoms with Crippen LogP contribution in [0.1, 0.15) is 43.2 Å². The Morgan fingerprint density at radius 3 is 2.34 bits per heavy atom. The van der Waals surface area contributed by atoms with E-state index in [-0.39, 0.29) is 30.7 Å². The second-order valence-corrected chi connectivity index (χ2v) is 8.04. The van der Waals surface area contributed by atoms with Crippen molar-refractivity contribution in [2.75, 3.05) is 6.54 Å². The zero-order chi connectivity index (χ0) is 23.9. The number of imide groups is 1. The number of benzene rings is 3. The highest BCUT2D eigenvalue weighted by molar-refractivity contribution is 6.21. The average Bonchev–Trinajstić information content (AvgIpc) is 3.39. The first-order valence-corrected chi connectivity index (χ1v) is 10.9. The van der Waals surface area contributed by atoms with Crippen molar-refractivity contribution >= 4 is 17.5 Å². The molecule has 6 rings (SSSR count). The monoisotopic (exact) mass is 461 g/mol. The Labute approximate surface area is 199 Å². The molecule has 3 aromatic carbocycles. The summed E-state index contributed by atoms with van der Waals surface area (Å²) in [5, 5.41) is 8.11. The number of carbonyl (C=O) groups excluding carboxylic acids is 2. The van der Waals surface area contributed by atoms with Crippen molar-refractivity contribution in [3.8, 4) is 17.5 Å². The molecule has 168 valence electrons. The van der Waals surface area contributed by atoms with Gasteiger partial charge in [-0.15, -0.1) is 10.2 Å². The van der Waals surface area contributed by atoms with E-state index in [1.165, 1.54) is 6.07 Å². The third-order valence-electron chi connectivity index (χ3n) is 5.99. The second kappa shape index (κ2) is 8.15. The van der Waals surface area contributed by atoms with Gasteiger partial charge < -0.3 is 0 Å². The molecular formula is C27H16FN5O2. The number of fused-ring (bicyclic) bond motifs is 4. The van der Waals surface area contributed by atoms with Crippen LogP contribution in [0.4, 0.5) is 4.39 Å². The summed E-state index contributed by atoms with van der Waals surface area (Å²) in [7, 11) is 0. The normalized spacial score (nSPS) is 13.9. The highest BCUT2D eigenvalue weighted by Crippen LogP contribution is 2.26. The van der Waals surface area contributed by atoms with Gasteiger partial charge in [0, 0.05) is 16.7 Å². The Morgan fingerprint density at radius 2 is 1.60 bits per heavy atom. The number of halogens is 1. The summed E-state index contributed by atoms with van der Waals surface area (Å²) < 4.78 is 16.5. The molecule has 0 aliphatic carbocycles. The first kappa shape index (κ1) is 20.7. The van der Waals surface area contributed by atoms with Gasteiger partial charge in [0.05, 0.1) is 29.1 Å². The van der Waals surface area contributed by atoms with E-state index in [0.717, 1.165) is 10.6 Å². The Bertz CT molecular complexity index is 1590. The van der Waals surface area contributed by atoms with Crippen LogP contribution in [0.15, 0.2) is 78.0 Å². The van der Waals surface area contributed by atoms with Crippen molar-refractivity contribution in [3.63, 3.8) is 0 Å². The van der Waals surface area contributed by atoms with Gasteiger partial charge in [0.1, 0.15) is 18.7 Å². The van der Waals surface area contributed by atoms with Crippen LogP contribution in [0.25, 0.3) is 5.69 Å². The fourth-order valence-electron chi connectivity index (χ4n) is 4.30. The number of amides is 2. The Balaban J connectivity index is 1.36. The predicted molar refractivity (Wildman–Crippen MR) is 126 cm³/mol. The lowest BCUT2D eigenvalue weighted by Gasteiger charge is -2.12. The summed E-state index contributed by atoms with van der Waals surface area (Å²) in [5.41, 5.74) is 3.73. The molecule has 2 aliphatic rings. The number of rotatable bonds is 2. The minimum atomic E-state index is -0.378. The first-order chi connectivity index (χ1) is 17.1. The quantitative estimate of drug-likeness (QED) is 0.339. The first-order valence-electron chi connectivity index (χ1n) is 10.9. The SMILES string of the molecule is O=C1c2ccccc2C(=O)N1CC#Cc1ccc2c(c1)C(c1ccccc1F)=NCc1nncn1-2. The molecule has 0 spiro atoms. The predicted octanol–water partition coefficient (Wildman–Crippen LogP) is 3.41. The van der Waals surface area contributed by atoms with Gasteiger partial charge in [0.15, 0.2) is 5.82 Å². The molecule has 0 saturated heterocycles. The molecule has 0 atom stereocenters. The van der Waals surface area contributed by atoms with Gasteiger partial charge in [-0.2, -0.15) is 0 Å². The topological polar surface area (TPSA) is 80.5 Å². The van der Waals surface area contributed by atoms with Gasteiger partial charge in [0.25, 0.3) is 11.8 Å². The number of carbonyl (C=O) groups is 2. The van der Waals surface area contributed by atoms with Gasteiger partial charge in [0.2, 0.25) is 0 Å². The van der Waals surface area contributed by atoms with Gasteiger partial charge >= 0.3 is 0 Å². The molecule has 0 unspecified atom stereocenters. The fourth-order valence-corrected chi connectivity index (χ4v) is 4.30. The van der Waals surface area contributed by atoms with Crippen molar-refractivity contribution in [3.05, 3.63) is 113 Å². The minimum Gasteiger partial charge on any atom is -0.283 e. The maximum atomic E-state index is 14.7. The lowest BCUT2D eigenvalue weighted by molar-refractivity contribution is 0.0675. The Morgan fingerprint density at radius 1 is 0.886 bits per heavy atom. The molecule has 8 heteroatoms. The summed E-state index contributed by atoms with van der Waals surface area (Å²) in [4.78, 5) is 30.9. The molecule has 0 radical (unpaired) electrons. The maximum Gasteiger partial charge on any atom is 0.262 e. The molecule has 0 N–H and O–H groups in total. The van der Waals surface area contributed by atoms with E-state index in [4.69, 9.17) is 0 Å². The zero-order valence-electron chi connectivity index (χ0n) is 18.3. The second-order valence-electron chi connectivity index (χ2n) is 8.04. The van der Waals surface area contributed by atoms with E-state index in [9.17, 15) is 14.0 Å². The third-order valence-corrected chi connectivity index (χ3v) is 5.99.